The molecule has 3 fully saturated rings. The van der Waals surface area contributed by atoms with E-state index in [0.29, 0.717) is 0 Å². The molecule has 3 rings (SSSR count). The van der Waals surface area contributed by atoms with Crippen LogP contribution in [-0.2, 0) is 0 Å². The Kier molecular flexibility index (Phi) is 5.89. The minimum absolute atomic E-state index is 0.191. The van der Waals surface area contributed by atoms with Gasteiger partial charge in [-0.05, 0) is 38.9 Å². The van der Waals surface area contributed by atoms with E-state index >= 15 is 0 Å². The van der Waals surface area contributed by atoms with Crippen molar-refractivity contribution in [2.24, 2.45) is 0 Å². The highest BCUT2D eigenvalue weighted by molar-refractivity contribution is 4.86. The van der Waals surface area contributed by atoms with Crippen LogP contribution in [0.3, 0.4) is 0 Å². The lowest BCUT2D eigenvalue weighted by Crippen LogP contribution is -2.48. The summed E-state index contributed by atoms with van der Waals surface area (Å²) in [5.41, 5.74) is 0. The number of piperidine rings is 1. The fraction of sp³-hybridized carbons (Fsp3) is 1.00. The van der Waals surface area contributed by atoms with Gasteiger partial charge in [-0.25, -0.2) is 0 Å². The summed E-state index contributed by atoms with van der Waals surface area (Å²) < 4.78 is 0. The Morgan fingerprint density at radius 3 is 2.38 bits per heavy atom. The highest BCUT2D eigenvalue weighted by Gasteiger charge is 2.29. The van der Waals surface area contributed by atoms with E-state index in [9.17, 15) is 5.11 Å². The largest absolute Gasteiger partial charge is 0.390 e. The van der Waals surface area contributed by atoms with Crippen LogP contribution in [-0.4, -0.2) is 97.4 Å². The van der Waals surface area contributed by atoms with Crippen LogP contribution in [0.2, 0.25) is 0 Å². The van der Waals surface area contributed by atoms with Gasteiger partial charge in [0.15, 0.2) is 0 Å². The second-order valence-corrected chi connectivity index (χ2v) is 7.00. The zero-order chi connectivity index (χ0) is 14.5. The summed E-state index contributed by atoms with van der Waals surface area (Å²) in [5, 5.41) is 13.7. The molecular formula is C16H32N4O. The molecule has 0 aromatic heterocycles. The molecule has 0 aromatic rings. The molecule has 0 bridgehead atoms. The van der Waals surface area contributed by atoms with Gasteiger partial charge in [0.05, 0.1) is 6.10 Å². The molecule has 2 atom stereocenters. The van der Waals surface area contributed by atoms with Crippen molar-refractivity contribution in [2.75, 3.05) is 65.4 Å². The monoisotopic (exact) mass is 296 g/mol. The van der Waals surface area contributed by atoms with E-state index in [1.165, 1.54) is 51.9 Å². The van der Waals surface area contributed by atoms with Gasteiger partial charge in [-0.1, -0.05) is 6.42 Å². The number of hydrogen-bond donors (Lipinski definition) is 2. The fourth-order valence-corrected chi connectivity index (χ4v) is 4.11. The first kappa shape index (κ1) is 15.7. The molecule has 5 nitrogen and oxygen atoms in total. The first-order valence-corrected chi connectivity index (χ1v) is 8.89. The first-order valence-electron chi connectivity index (χ1n) is 8.89. The fourth-order valence-electron chi connectivity index (χ4n) is 4.11. The molecule has 0 aliphatic carbocycles. The lowest BCUT2D eigenvalue weighted by molar-refractivity contribution is 0.0726. The molecule has 5 heteroatoms. The van der Waals surface area contributed by atoms with Crippen molar-refractivity contribution in [1.82, 2.24) is 20.0 Å². The number of rotatable bonds is 5. The molecular weight excluding hydrogens is 264 g/mol. The SMILES string of the molecule is OC(CN1CCNCC1)CN1CCC(N2CCCCC2)C1. The van der Waals surface area contributed by atoms with E-state index in [4.69, 9.17) is 0 Å². The van der Waals surface area contributed by atoms with Gasteiger partial charge in [0.25, 0.3) is 0 Å². The summed E-state index contributed by atoms with van der Waals surface area (Å²) in [7, 11) is 0. The molecule has 21 heavy (non-hydrogen) atoms. The lowest BCUT2D eigenvalue weighted by atomic mass is 10.1. The summed E-state index contributed by atoms with van der Waals surface area (Å²) in [6.07, 6.45) is 5.27. The number of likely N-dealkylation sites (tertiary alicyclic amines) is 2. The van der Waals surface area contributed by atoms with E-state index in [2.05, 4.69) is 20.0 Å². The van der Waals surface area contributed by atoms with Crippen molar-refractivity contribution in [3.63, 3.8) is 0 Å². The molecule has 3 aliphatic heterocycles. The van der Waals surface area contributed by atoms with E-state index in [0.717, 1.165) is 45.3 Å². The lowest BCUT2D eigenvalue weighted by Gasteiger charge is -2.33. The molecule has 3 heterocycles. The van der Waals surface area contributed by atoms with Crippen molar-refractivity contribution in [3.8, 4) is 0 Å². The molecule has 0 spiro atoms. The van der Waals surface area contributed by atoms with Crippen molar-refractivity contribution in [3.05, 3.63) is 0 Å². The second kappa shape index (κ2) is 7.88. The predicted octanol–water partition coefficient (Wildman–Crippen LogP) is -0.187. The highest BCUT2D eigenvalue weighted by Crippen LogP contribution is 2.20. The Morgan fingerprint density at radius 2 is 1.62 bits per heavy atom. The Labute approximate surface area is 129 Å². The number of nitrogens with one attached hydrogen (secondary N) is 1. The summed E-state index contributed by atoms with van der Waals surface area (Å²) >= 11 is 0. The van der Waals surface area contributed by atoms with Gasteiger partial charge in [0.2, 0.25) is 0 Å². The van der Waals surface area contributed by atoms with Gasteiger partial charge in [-0.2, -0.15) is 0 Å². The van der Waals surface area contributed by atoms with Crippen LogP contribution in [0.5, 0.6) is 0 Å². The highest BCUT2D eigenvalue weighted by atomic mass is 16.3. The third-order valence-electron chi connectivity index (χ3n) is 5.30. The predicted molar refractivity (Wildman–Crippen MR) is 85.6 cm³/mol. The van der Waals surface area contributed by atoms with Crippen LogP contribution in [0, 0.1) is 0 Å². The number of piperazine rings is 1. The van der Waals surface area contributed by atoms with E-state index in [1.807, 2.05) is 0 Å². The Balaban J connectivity index is 1.37. The van der Waals surface area contributed by atoms with Crippen LogP contribution in [0.1, 0.15) is 25.7 Å². The van der Waals surface area contributed by atoms with E-state index < -0.39 is 0 Å². The number of hydrogen-bond acceptors (Lipinski definition) is 5. The molecule has 0 aromatic carbocycles. The molecule has 3 saturated heterocycles. The topological polar surface area (TPSA) is 42.0 Å². The second-order valence-electron chi connectivity index (χ2n) is 7.00. The van der Waals surface area contributed by atoms with Crippen molar-refractivity contribution >= 4 is 0 Å². The molecule has 3 aliphatic rings. The normalized spacial score (nSPS) is 31.6. The molecule has 0 radical (unpaired) electrons. The molecule has 0 saturated carbocycles. The number of β-amino-alcohol motifs (C(OH)–C–C–N with tert-alkyl or cyclic N) is 1. The summed E-state index contributed by atoms with van der Waals surface area (Å²) in [5.74, 6) is 0. The number of aliphatic hydroxyl groups excluding tert-OH is 1. The summed E-state index contributed by atoms with van der Waals surface area (Å²) in [6.45, 7) is 10.9. The van der Waals surface area contributed by atoms with Gasteiger partial charge in [-0.3, -0.25) is 14.7 Å². The first-order chi connectivity index (χ1) is 10.3. The Morgan fingerprint density at radius 1 is 0.905 bits per heavy atom. The maximum absolute atomic E-state index is 10.3. The van der Waals surface area contributed by atoms with Crippen LogP contribution in [0.4, 0.5) is 0 Å². The minimum atomic E-state index is -0.191. The molecule has 2 N–H and O–H groups in total. The molecule has 2 unspecified atom stereocenters. The van der Waals surface area contributed by atoms with Crippen LogP contribution in [0.25, 0.3) is 0 Å². The van der Waals surface area contributed by atoms with Crippen molar-refractivity contribution in [1.29, 1.82) is 0 Å². The molecule has 0 amide bonds. The quantitative estimate of drug-likeness (QED) is 0.736. The van der Waals surface area contributed by atoms with E-state index in [-0.39, 0.29) is 6.10 Å². The summed E-state index contributed by atoms with van der Waals surface area (Å²) in [6, 6.07) is 0.747. The standard InChI is InChI=1S/C16H32N4O/c21-16(13-18-10-5-17-6-11-18)14-19-9-4-15(12-19)20-7-2-1-3-8-20/h15-17,21H,1-14H2. The minimum Gasteiger partial charge on any atom is -0.390 e. The number of nitrogens with zero attached hydrogens (tertiary/aromatic N) is 3. The maximum atomic E-state index is 10.3. The van der Waals surface area contributed by atoms with Crippen molar-refractivity contribution < 1.29 is 5.11 Å². The number of aliphatic hydroxyl groups is 1. The van der Waals surface area contributed by atoms with Gasteiger partial charge >= 0.3 is 0 Å². The third kappa shape index (κ3) is 4.63. The van der Waals surface area contributed by atoms with Crippen LogP contribution >= 0.6 is 0 Å². The van der Waals surface area contributed by atoms with Gasteiger partial charge in [-0.15, -0.1) is 0 Å². The average Bonchev–Trinajstić information content (AvgIpc) is 2.97. The van der Waals surface area contributed by atoms with E-state index in [1.54, 1.807) is 0 Å². The molecule has 122 valence electrons. The smallest absolute Gasteiger partial charge is 0.0793 e. The van der Waals surface area contributed by atoms with Crippen LogP contribution in [0.15, 0.2) is 0 Å². The third-order valence-corrected chi connectivity index (χ3v) is 5.30. The van der Waals surface area contributed by atoms with Crippen molar-refractivity contribution in [2.45, 2.75) is 37.8 Å². The van der Waals surface area contributed by atoms with Crippen LogP contribution < -0.4 is 5.32 Å². The zero-order valence-electron chi connectivity index (χ0n) is 13.3. The maximum Gasteiger partial charge on any atom is 0.0793 e. The van der Waals surface area contributed by atoms with Gasteiger partial charge in [0, 0.05) is 51.9 Å². The Bertz CT molecular complexity index is 303. The zero-order valence-corrected chi connectivity index (χ0v) is 13.3. The average molecular weight is 296 g/mol. The summed E-state index contributed by atoms with van der Waals surface area (Å²) in [4.78, 5) is 7.55. The van der Waals surface area contributed by atoms with Gasteiger partial charge < -0.3 is 10.4 Å². The van der Waals surface area contributed by atoms with Gasteiger partial charge in [0.1, 0.15) is 0 Å². The Hall–Kier alpha value is -0.200.